The van der Waals surface area contributed by atoms with E-state index in [9.17, 15) is 9.90 Å². The second-order valence-electron chi connectivity index (χ2n) is 5.45. The molecule has 0 aliphatic carbocycles. The second-order valence-corrected chi connectivity index (χ2v) is 6.31. The molecule has 3 rings (SSSR count). The fourth-order valence-electron chi connectivity index (χ4n) is 2.24. The number of hydrogen-bond donors (Lipinski definition) is 2. The summed E-state index contributed by atoms with van der Waals surface area (Å²) in [5.41, 5.74) is 6.02. The minimum atomic E-state index is -0.446. The average molecular weight is 379 g/mol. The normalized spacial score (nSPS) is 11.1. The molecule has 0 aliphatic heterocycles. The number of hydrogen-bond acceptors (Lipinski definition) is 7. The lowest BCUT2D eigenvalue weighted by molar-refractivity contribution is -0.134. The zero-order valence-electron chi connectivity index (χ0n) is 14.5. The molecule has 1 aromatic heterocycles. The van der Waals surface area contributed by atoms with Crippen molar-refractivity contribution < 1.29 is 14.6 Å². The highest BCUT2D eigenvalue weighted by atomic mass is 32.1. The summed E-state index contributed by atoms with van der Waals surface area (Å²) in [5.74, 6) is -0.363. The topological polar surface area (TPSA) is 83.8 Å². The second kappa shape index (κ2) is 8.77. The van der Waals surface area contributed by atoms with Crippen molar-refractivity contribution in [3.05, 3.63) is 71.1 Å². The number of methoxy groups -OCH3 is 1. The van der Waals surface area contributed by atoms with Gasteiger partial charge < -0.3 is 9.84 Å². The summed E-state index contributed by atoms with van der Waals surface area (Å²) < 4.78 is 4.56. The molecule has 0 radical (unpaired) electrons. The number of carbonyl (C=O) groups is 1. The van der Waals surface area contributed by atoms with Gasteiger partial charge in [-0.15, -0.1) is 11.3 Å². The molecule has 0 bridgehead atoms. The van der Waals surface area contributed by atoms with Crippen LogP contribution in [-0.2, 0) is 9.53 Å². The van der Waals surface area contributed by atoms with Crippen molar-refractivity contribution in [2.75, 3.05) is 12.5 Å². The number of phenolic OH excluding ortho intramolecular Hbond substituents is 1. The largest absolute Gasteiger partial charge is 0.507 e. The molecule has 0 amide bonds. The summed E-state index contributed by atoms with van der Waals surface area (Å²) in [6, 6.07) is 14.8. The van der Waals surface area contributed by atoms with Gasteiger partial charge in [0.1, 0.15) is 5.75 Å². The van der Waals surface area contributed by atoms with Gasteiger partial charge in [0.05, 0.1) is 19.0 Å². The Morgan fingerprint density at radius 1 is 1.26 bits per heavy atom. The maximum Gasteiger partial charge on any atom is 0.330 e. The predicted molar refractivity (Wildman–Crippen MR) is 108 cm³/mol. The first-order valence-electron chi connectivity index (χ1n) is 8.05. The van der Waals surface area contributed by atoms with Crippen LogP contribution in [0, 0.1) is 0 Å². The number of carbonyl (C=O) groups excluding carboxylic acids is 1. The summed E-state index contributed by atoms with van der Waals surface area (Å²) in [4.78, 5) is 15.6. The lowest BCUT2D eigenvalue weighted by Crippen LogP contribution is -1.94. The zero-order valence-corrected chi connectivity index (χ0v) is 15.3. The SMILES string of the molecule is COC(=O)C=Cc1ccc(O)c(C=NNc2nc(-c3ccccc3)cs2)c1. The van der Waals surface area contributed by atoms with Crippen LogP contribution in [-0.4, -0.2) is 29.4 Å². The minimum Gasteiger partial charge on any atom is -0.507 e. The Kier molecular flexibility index (Phi) is 5.96. The molecule has 27 heavy (non-hydrogen) atoms. The molecule has 2 aromatic carbocycles. The van der Waals surface area contributed by atoms with Crippen LogP contribution < -0.4 is 5.43 Å². The van der Waals surface area contributed by atoms with E-state index in [0.29, 0.717) is 10.7 Å². The van der Waals surface area contributed by atoms with Crippen LogP contribution in [0.1, 0.15) is 11.1 Å². The van der Waals surface area contributed by atoms with E-state index in [1.54, 1.807) is 18.2 Å². The number of nitrogens with zero attached hydrogens (tertiary/aromatic N) is 2. The average Bonchev–Trinajstić information content (AvgIpc) is 3.17. The Hall–Kier alpha value is -3.45. The van der Waals surface area contributed by atoms with Crippen molar-refractivity contribution in [3.63, 3.8) is 0 Å². The van der Waals surface area contributed by atoms with Crippen molar-refractivity contribution in [1.29, 1.82) is 0 Å². The van der Waals surface area contributed by atoms with E-state index >= 15 is 0 Å². The third-order valence-corrected chi connectivity index (χ3v) is 4.35. The van der Waals surface area contributed by atoms with E-state index in [-0.39, 0.29) is 5.75 Å². The van der Waals surface area contributed by atoms with Gasteiger partial charge in [0.2, 0.25) is 5.13 Å². The molecule has 0 atom stereocenters. The van der Waals surface area contributed by atoms with Gasteiger partial charge in [-0.25, -0.2) is 9.78 Å². The standard InChI is InChI=1S/C20H17N3O3S/c1-26-19(25)10-8-14-7-9-18(24)16(11-14)12-21-23-20-22-17(13-27-20)15-5-3-2-4-6-15/h2-13,24H,1H3,(H,22,23). The molecule has 0 spiro atoms. The van der Waals surface area contributed by atoms with E-state index in [1.165, 1.54) is 36.8 Å². The van der Waals surface area contributed by atoms with Gasteiger partial charge in [-0.2, -0.15) is 5.10 Å². The van der Waals surface area contributed by atoms with E-state index in [4.69, 9.17) is 0 Å². The fourth-order valence-corrected chi connectivity index (χ4v) is 2.90. The van der Waals surface area contributed by atoms with Crippen LogP contribution in [0.2, 0.25) is 0 Å². The van der Waals surface area contributed by atoms with Gasteiger partial charge >= 0.3 is 5.97 Å². The van der Waals surface area contributed by atoms with Gasteiger partial charge in [-0.05, 0) is 23.8 Å². The first-order valence-corrected chi connectivity index (χ1v) is 8.93. The molecule has 0 saturated carbocycles. The number of thiazole rings is 1. The highest BCUT2D eigenvalue weighted by Gasteiger charge is 2.04. The van der Waals surface area contributed by atoms with E-state index in [1.807, 2.05) is 35.7 Å². The highest BCUT2D eigenvalue weighted by Crippen LogP contribution is 2.24. The van der Waals surface area contributed by atoms with Crippen LogP contribution in [0.25, 0.3) is 17.3 Å². The Morgan fingerprint density at radius 2 is 2.07 bits per heavy atom. The Balaban J connectivity index is 1.68. The third kappa shape index (κ3) is 5.02. The summed E-state index contributed by atoms with van der Waals surface area (Å²) in [7, 11) is 1.31. The monoisotopic (exact) mass is 379 g/mol. The van der Waals surface area contributed by atoms with E-state index in [0.717, 1.165) is 16.8 Å². The molecule has 1 heterocycles. The first kappa shape index (κ1) is 18.3. The van der Waals surface area contributed by atoms with Gasteiger partial charge in [0.25, 0.3) is 0 Å². The maximum absolute atomic E-state index is 11.2. The quantitative estimate of drug-likeness (QED) is 0.291. The van der Waals surface area contributed by atoms with Crippen molar-refractivity contribution in [2.24, 2.45) is 5.10 Å². The molecule has 3 aromatic rings. The third-order valence-electron chi connectivity index (χ3n) is 3.60. The number of phenols is 1. The molecule has 2 N–H and O–H groups in total. The Bertz CT molecular complexity index is 981. The number of ether oxygens (including phenoxy) is 1. The van der Waals surface area contributed by atoms with E-state index in [2.05, 4.69) is 20.2 Å². The molecule has 0 fully saturated rings. The summed E-state index contributed by atoms with van der Waals surface area (Å²) in [5, 5.41) is 16.7. The smallest absolute Gasteiger partial charge is 0.330 e. The first-order chi connectivity index (χ1) is 13.2. The molecular formula is C20H17N3O3S. The fraction of sp³-hybridized carbons (Fsp3) is 0.0500. The summed E-state index contributed by atoms with van der Waals surface area (Å²) in [6.45, 7) is 0. The summed E-state index contributed by atoms with van der Waals surface area (Å²) in [6.07, 6.45) is 4.41. The van der Waals surface area contributed by atoms with Crippen molar-refractivity contribution in [1.82, 2.24) is 4.98 Å². The molecule has 0 aliphatic rings. The molecule has 136 valence electrons. The van der Waals surface area contributed by atoms with Crippen molar-refractivity contribution in [3.8, 4) is 17.0 Å². The molecular weight excluding hydrogens is 362 g/mol. The number of benzene rings is 2. The van der Waals surface area contributed by atoms with Crippen molar-refractivity contribution >= 4 is 34.7 Å². The number of anilines is 1. The minimum absolute atomic E-state index is 0.0832. The highest BCUT2D eigenvalue weighted by molar-refractivity contribution is 7.14. The van der Waals surface area contributed by atoms with E-state index < -0.39 is 5.97 Å². The van der Waals surface area contributed by atoms with Crippen molar-refractivity contribution in [2.45, 2.75) is 0 Å². The molecule has 7 heteroatoms. The van der Waals surface area contributed by atoms with Gasteiger partial charge in [-0.3, -0.25) is 5.43 Å². The lowest BCUT2D eigenvalue weighted by Gasteiger charge is -2.01. The molecule has 0 saturated heterocycles. The van der Waals surface area contributed by atoms with Gasteiger partial charge in [-0.1, -0.05) is 36.4 Å². The Labute approximate surface area is 160 Å². The Morgan fingerprint density at radius 3 is 2.85 bits per heavy atom. The van der Waals surface area contributed by atoms with Crippen LogP contribution in [0.4, 0.5) is 5.13 Å². The lowest BCUT2D eigenvalue weighted by atomic mass is 10.1. The number of nitrogens with one attached hydrogen (secondary N) is 1. The number of aromatic hydroxyl groups is 1. The summed E-state index contributed by atoms with van der Waals surface area (Å²) >= 11 is 1.44. The number of rotatable bonds is 6. The number of aromatic nitrogens is 1. The number of esters is 1. The predicted octanol–water partition coefficient (Wildman–Crippen LogP) is 4.15. The molecule has 6 nitrogen and oxygen atoms in total. The van der Waals surface area contributed by atoms with Gasteiger partial charge in [0.15, 0.2) is 0 Å². The number of hydrazone groups is 1. The van der Waals surface area contributed by atoms with Crippen LogP contribution in [0.3, 0.4) is 0 Å². The maximum atomic E-state index is 11.2. The van der Waals surface area contributed by atoms with Crippen LogP contribution in [0.15, 0.2) is 65.1 Å². The van der Waals surface area contributed by atoms with Crippen LogP contribution in [0.5, 0.6) is 5.75 Å². The molecule has 0 unspecified atom stereocenters. The van der Waals surface area contributed by atoms with Gasteiger partial charge in [0, 0.05) is 22.6 Å². The van der Waals surface area contributed by atoms with Crippen LogP contribution >= 0.6 is 11.3 Å². The zero-order chi connectivity index (χ0) is 19.1.